The fourth-order valence-corrected chi connectivity index (χ4v) is 0.893. The molecule has 1 saturated heterocycles. The molecular formula is C3H6N2S. The molecule has 1 aliphatic rings. The van der Waals surface area contributed by atoms with Crippen molar-refractivity contribution in [3.63, 3.8) is 0 Å². The Morgan fingerprint density at radius 3 is 2.33 bits per heavy atom. The molecule has 0 aromatic rings. The molecule has 0 aliphatic carbocycles. The van der Waals surface area contributed by atoms with Crippen LogP contribution in [0.4, 0.5) is 0 Å². The Morgan fingerprint density at radius 1 is 1.67 bits per heavy atom. The summed E-state index contributed by atoms with van der Waals surface area (Å²) in [4.78, 5) is 0. The van der Waals surface area contributed by atoms with Gasteiger partial charge in [-0.3, -0.25) is 0 Å². The Balaban J connectivity index is 2.16. The van der Waals surface area contributed by atoms with Gasteiger partial charge in [-0.2, -0.15) is 16.9 Å². The van der Waals surface area contributed by atoms with Crippen LogP contribution in [0.25, 0.3) is 0 Å². The van der Waals surface area contributed by atoms with E-state index in [0.29, 0.717) is 6.04 Å². The summed E-state index contributed by atoms with van der Waals surface area (Å²) in [6.45, 7) is 0. The molecule has 0 unspecified atom stereocenters. The average Bonchev–Trinajstić information content (AvgIpc) is 1.31. The van der Waals surface area contributed by atoms with E-state index in [1.165, 1.54) is 0 Å². The third-order valence-corrected chi connectivity index (χ3v) is 2.04. The van der Waals surface area contributed by atoms with Gasteiger partial charge in [0.05, 0.1) is 6.04 Å². The lowest BCUT2D eigenvalue weighted by molar-refractivity contribution is 0.738. The van der Waals surface area contributed by atoms with Crippen molar-refractivity contribution in [2.24, 2.45) is 5.11 Å². The third kappa shape index (κ3) is 0.544. The Hall–Kier alpha value is -0.0500. The van der Waals surface area contributed by atoms with E-state index in [2.05, 4.69) is 5.11 Å². The van der Waals surface area contributed by atoms with E-state index in [9.17, 15) is 0 Å². The van der Waals surface area contributed by atoms with E-state index in [1.807, 2.05) is 11.8 Å². The van der Waals surface area contributed by atoms with Crippen molar-refractivity contribution in [2.75, 3.05) is 11.5 Å². The monoisotopic (exact) mass is 102 g/mol. The predicted octanol–water partition coefficient (Wildman–Crippen LogP) is 1.13. The molecule has 0 saturated carbocycles. The molecule has 1 rings (SSSR count). The first-order valence-electron chi connectivity index (χ1n) is 1.88. The molecular weight excluding hydrogens is 96.1 g/mol. The second-order valence-corrected chi connectivity index (χ2v) is 2.40. The summed E-state index contributed by atoms with van der Waals surface area (Å²) in [5, 5.41) is 3.32. The zero-order chi connectivity index (χ0) is 4.41. The highest BCUT2D eigenvalue weighted by molar-refractivity contribution is 8.00. The standard InChI is InChI=1S/C3H6N2S/c4-5-3-1-6-2-3/h3-4H,1-2H2. The van der Waals surface area contributed by atoms with E-state index in [1.54, 1.807) is 0 Å². The Kier molecular flexibility index (Phi) is 1.10. The molecule has 3 heteroatoms. The first kappa shape index (κ1) is 4.12. The number of thioether (sulfide) groups is 1. The van der Waals surface area contributed by atoms with Crippen LogP contribution in [0.2, 0.25) is 0 Å². The lowest BCUT2D eigenvalue weighted by Gasteiger charge is -2.17. The van der Waals surface area contributed by atoms with E-state index in [0.717, 1.165) is 11.5 Å². The molecule has 34 valence electrons. The van der Waals surface area contributed by atoms with Gasteiger partial charge >= 0.3 is 0 Å². The number of nitrogens with zero attached hydrogens (tertiary/aromatic N) is 1. The number of nitrogens with one attached hydrogen (secondary N) is 1. The molecule has 0 aromatic heterocycles. The van der Waals surface area contributed by atoms with Gasteiger partial charge in [0, 0.05) is 11.5 Å². The highest BCUT2D eigenvalue weighted by Crippen LogP contribution is 2.19. The van der Waals surface area contributed by atoms with Gasteiger partial charge < -0.3 is 0 Å². The van der Waals surface area contributed by atoms with Crippen molar-refractivity contribution in [1.82, 2.24) is 0 Å². The number of hydrogen-bond acceptors (Lipinski definition) is 3. The van der Waals surface area contributed by atoms with Gasteiger partial charge in [-0.25, -0.2) is 5.53 Å². The Morgan fingerprint density at radius 2 is 2.33 bits per heavy atom. The molecule has 6 heavy (non-hydrogen) atoms. The SMILES string of the molecule is N=NC1CSC1. The molecule has 0 amide bonds. The van der Waals surface area contributed by atoms with Gasteiger partial charge in [0.25, 0.3) is 0 Å². The van der Waals surface area contributed by atoms with Crippen LogP contribution in [0.3, 0.4) is 0 Å². The van der Waals surface area contributed by atoms with Crippen LogP contribution in [-0.2, 0) is 0 Å². The highest BCUT2D eigenvalue weighted by Gasteiger charge is 2.15. The summed E-state index contributed by atoms with van der Waals surface area (Å²) in [5.74, 6) is 2.15. The van der Waals surface area contributed by atoms with Crippen LogP contribution < -0.4 is 0 Å². The van der Waals surface area contributed by atoms with Gasteiger partial charge in [0.1, 0.15) is 0 Å². The molecule has 0 atom stereocenters. The van der Waals surface area contributed by atoms with Gasteiger partial charge in [-0.15, -0.1) is 0 Å². The van der Waals surface area contributed by atoms with E-state index in [4.69, 9.17) is 5.53 Å². The maximum absolute atomic E-state index is 6.47. The Labute approximate surface area is 40.8 Å². The van der Waals surface area contributed by atoms with Crippen LogP contribution >= 0.6 is 11.8 Å². The number of rotatable bonds is 1. The van der Waals surface area contributed by atoms with E-state index >= 15 is 0 Å². The third-order valence-electron chi connectivity index (χ3n) is 0.803. The zero-order valence-corrected chi connectivity index (χ0v) is 4.16. The average molecular weight is 102 g/mol. The smallest absolute Gasteiger partial charge is 0.0886 e. The Bertz CT molecular complexity index is 59.8. The highest BCUT2D eigenvalue weighted by atomic mass is 32.2. The first-order chi connectivity index (χ1) is 2.93. The van der Waals surface area contributed by atoms with Crippen molar-refractivity contribution in [1.29, 1.82) is 5.53 Å². The fourth-order valence-electron chi connectivity index (χ4n) is 0.298. The molecule has 1 heterocycles. The minimum absolute atomic E-state index is 0.370. The van der Waals surface area contributed by atoms with Crippen LogP contribution in [0.15, 0.2) is 5.11 Å². The lowest BCUT2D eigenvalue weighted by Crippen LogP contribution is -2.20. The molecule has 1 fully saturated rings. The van der Waals surface area contributed by atoms with Crippen molar-refractivity contribution in [3.05, 3.63) is 0 Å². The molecule has 0 aromatic carbocycles. The van der Waals surface area contributed by atoms with E-state index < -0.39 is 0 Å². The second kappa shape index (κ2) is 1.60. The molecule has 1 aliphatic heterocycles. The van der Waals surface area contributed by atoms with Crippen molar-refractivity contribution < 1.29 is 0 Å². The normalized spacial score (nSPS) is 22.7. The largest absolute Gasteiger partial charge is 0.210 e. The van der Waals surface area contributed by atoms with Crippen LogP contribution in [0.1, 0.15) is 0 Å². The van der Waals surface area contributed by atoms with Crippen LogP contribution in [-0.4, -0.2) is 17.5 Å². The molecule has 0 spiro atoms. The first-order valence-corrected chi connectivity index (χ1v) is 3.03. The molecule has 0 bridgehead atoms. The van der Waals surface area contributed by atoms with Crippen molar-refractivity contribution in [3.8, 4) is 0 Å². The predicted molar refractivity (Wildman–Crippen MR) is 26.3 cm³/mol. The van der Waals surface area contributed by atoms with E-state index in [-0.39, 0.29) is 0 Å². The molecule has 2 nitrogen and oxygen atoms in total. The number of hydrogen-bond donors (Lipinski definition) is 1. The minimum atomic E-state index is 0.370. The fraction of sp³-hybridized carbons (Fsp3) is 1.00. The van der Waals surface area contributed by atoms with Gasteiger partial charge in [-0.1, -0.05) is 0 Å². The summed E-state index contributed by atoms with van der Waals surface area (Å²) in [6.07, 6.45) is 0. The zero-order valence-electron chi connectivity index (χ0n) is 3.35. The van der Waals surface area contributed by atoms with Crippen molar-refractivity contribution >= 4 is 11.8 Å². The molecule has 0 radical (unpaired) electrons. The molecule has 1 N–H and O–H groups in total. The second-order valence-electron chi connectivity index (χ2n) is 1.32. The lowest BCUT2D eigenvalue weighted by atomic mass is 10.4. The van der Waals surface area contributed by atoms with Gasteiger partial charge in [0.2, 0.25) is 0 Å². The quantitative estimate of drug-likeness (QED) is 0.495. The summed E-state index contributed by atoms with van der Waals surface area (Å²) in [6, 6.07) is 0.370. The minimum Gasteiger partial charge on any atom is -0.210 e. The van der Waals surface area contributed by atoms with Crippen molar-refractivity contribution in [2.45, 2.75) is 6.04 Å². The summed E-state index contributed by atoms with van der Waals surface area (Å²) < 4.78 is 0. The summed E-state index contributed by atoms with van der Waals surface area (Å²) in [5.41, 5.74) is 6.47. The van der Waals surface area contributed by atoms with Gasteiger partial charge in [-0.05, 0) is 0 Å². The maximum atomic E-state index is 6.47. The van der Waals surface area contributed by atoms with Gasteiger partial charge in [0.15, 0.2) is 0 Å². The van der Waals surface area contributed by atoms with Crippen LogP contribution in [0.5, 0.6) is 0 Å². The summed E-state index contributed by atoms with van der Waals surface area (Å²) in [7, 11) is 0. The summed E-state index contributed by atoms with van der Waals surface area (Å²) >= 11 is 1.86. The topological polar surface area (TPSA) is 36.2 Å². The van der Waals surface area contributed by atoms with Crippen LogP contribution in [0, 0.1) is 5.53 Å². The maximum Gasteiger partial charge on any atom is 0.0886 e.